The first kappa shape index (κ1) is 37.0. The van der Waals surface area contributed by atoms with Gasteiger partial charge in [-0.1, -0.05) is 43.0 Å². The molecule has 0 spiro atoms. The molecule has 1 saturated carbocycles. The Kier molecular flexibility index (Phi) is 11.9. The number of rotatable bonds is 7. The number of benzene rings is 1. The molecular formula is C36H56ClN5O5. The van der Waals surface area contributed by atoms with Gasteiger partial charge in [0.05, 0.1) is 5.41 Å². The van der Waals surface area contributed by atoms with Gasteiger partial charge < -0.3 is 25.2 Å². The second kappa shape index (κ2) is 15.1. The minimum atomic E-state index is -0.859. The molecule has 0 radical (unpaired) electrons. The standard InChI is InChI=1S/C36H56ClN5O5/c1-34(2,3)39-32(45)36(26-11-9-8-10-12-26)17-19-41(20-18-36)31(44)28(23-25-13-15-27(37)16-14-25)38-30(43)29-24-40(7)21-22-42(29)33(46)47-35(4,5)6/h13-16,26,28-29H,8-12,17-24H2,1-7H3,(H,38,43)(H,39,45)/t28-,29+/m1/s1. The van der Waals surface area contributed by atoms with Crippen LogP contribution in [0.1, 0.15) is 92.1 Å². The third-order valence-electron chi connectivity index (χ3n) is 9.78. The van der Waals surface area contributed by atoms with Crippen LogP contribution in [0.2, 0.25) is 5.02 Å². The van der Waals surface area contributed by atoms with Gasteiger partial charge in [-0.15, -0.1) is 0 Å². The van der Waals surface area contributed by atoms with Crippen LogP contribution in [0.5, 0.6) is 0 Å². The van der Waals surface area contributed by atoms with E-state index in [0.717, 1.165) is 31.2 Å². The minimum absolute atomic E-state index is 0.0960. The van der Waals surface area contributed by atoms with Crippen LogP contribution in [0.4, 0.5) is 4.79 Å². The summed E-state index contributed by atoms with van der Waals surface area (Å²) in [4.78, 5) is 60.6. The van der Waals surface area contributed by atoms with Gasteiger partial charge in [0.1, 0.15) is 17.7 Å². The van der Waals surface area contributed by atoms with E-state index in [4.69, 9.17) is 16.3 Å². The lowest BCUT2D eigenvalue weighted by Crippen LogP contribution is -2.63. The van der Waals surface area contributed by atoms with E-state index < -0.39 is 35.1 Å². The van der Waals surface area contributed by atoms with Gasteiger partial charge in [-0.2, -0.15) is 0 Å². The second-order valence-corrected chi connectivity index (χ2v) is 16.3. The number of likely N-dealkylation sites (tertiary alicyclic amines) is 1. The molecule has 2 aliphatic heterocycles. The highest BCUT2D eigenvalue weighted by molar-refractivity contribution is 6.30. The number of halogens is 1. The van der Waals surface area contributed by atoms with Crippen LogP contribution >= 0.6 is 11.6 Å². The predicted octanol–water partition coefficient (Wildman–Crippen LogP) is 5.02. The fraction of sp³-hybridized carbons (Fsp3) is 0.722. The smallest absolute Gasteiger partial charge is 0.411 e. The van der Waals surface area contributed by atoms with Crippen LogP contribution < -0.4 is 10.6 Å². The van der Waals surface area contributed by atoms with E-state index in [0.29, 0.717) is 56.5 Å². The highest BCUT2D eigenvalue weighted by Gasteiger charge is 2.49. The van der Waals surface area contributed by atoms with E-state index in [9.17, 15) is 19.2 Å². The molecule has 1 aromatic carbocycles. The van der Waals surface area contributed by atoms with Crippen molar-refractivity contribution in [3.8, 4) is 0 Å². The third-order valence-corrected chi connectivity index (χ3v) is 10.0. The Morgan fingerprint density at radius 1 is 0.936 bits per heavy atom. The summed E-state index contributed by atoms with van der Waals surface area (Å²) in [6, 6.07) is 5.59. The SMILES string of the molecule is CN1CCN(C(=O)OC(C)(C)C)[C@H](C(=O)N[C@H](Cc2ccc(Cl)cc2)C(=O)N2CCC(C(=O)NC(C)(C)C)(C3CCCCC3)CC2)C1. The molecule has 11 heteroatoms. The monoisotopic (exact) mass is 673 g/mol. The van der Waals surface area contributed by atoms with Crippen molar-refractivity contribution in [2.45, 2.75) is 116 Å². The largest absolute Gasteiger partial charge is 0.444 e. The number of hydrogen-bond donors (Lipinski definition) is 2. The van der Waals surface area contributed by atoms with Crippen LogP contribution in [0.15, 0.2) is 24.3 Å². The average Bonchev–Trinajstić information content (AvgIpc) is 3.00. The zero-order chi connectivity index (χ0) is 34.6. The Labute approximate surface area is 286 Å². The van der Waals surface area contributed by atoms with Crippen molar-refractivity contribution in [3.05, 3.63) is 34.9 Å². The Morgan fingerprint density at radius 2 is 1.55 bits per heavy atom. The van der Waals surface area contributed by atoms with Crippen LogP contribution in [-0.2, 0) is 25.5 Å². The lowest BCUT2D eigenvalue weighted by Gasteiger charge is -2.48. The molecule has 262 valence electrons. The van der Waals surface area contributed by atoms with E-state index >= 15 is 0 Å². The number of carbonyl (C=O) groups is 4. The predicted molar refractivity (Wildman–Crippen MR) is 184 cm³/mol. The zero-order valence-corrected chi connectivity index (χ0v) is 30.3. The van der Waals surface area contributed by atoms with Gasteiger partial charge in [-0.3, -0.25) is 19.3 Å². The fourth-order valence-electron chi connectivity index (χ4n) is 7.29. The number of hydrogen-bond acceptors (Lipinski definition) is 6. The molecular weight excluding hydrogens is 618 g/mol. The average molecular weight is 674 g/mol. The van der Waals surface area contributed by atoms with Crippen molar-refractivity contribution >= 4 is 35.4 Å². The van der Waals surface area contributed by atoms with Gasteiger partial charge in [0, 0.05) is 49.7 Å². The number of ether oxygens (including phenoxy) is 1. The molecule has 10 nitrogen and oxygen atoms in total. The first-order valence-electron chi connectivity index (χ1n) is 17.3. The molecule has 2 heterocycles. The van der Waals surface area contributed by atoms with E-state index in [1.54, 1.807) is 32.9 Å². The number of carbonyl (C=O) groups excluding carboxylic acids is 4. The van der Waals surface area contributed by atoms with E-state index in [1.165, 1.54) is 11.3 Å². The summed E-state index contributed by atoms with van der Waals surface area (Å²) in [6.07, 6.45) is 6.43. The highest BCUT2D eigenvalue weighted by Crippen LogP contribution is 2.46. The summed E-state index contributed by atoms with van der Waals surface area (Å²) >= 11 is 6.15. The van der Waals surface area contributed by atoms with E-state index in [-0.39, 0.29) is 23.8 Å². The molecule has 1 aromatic rings. The van der Waals surface area contributed by atoms with Crippen molar-refractivity contribution in [1.82, 2.24) is 25.3 Å². The molecule has 2 N–H and O–H groups in total. The van der Waals surface area contributed by atoms with Crippen LogP contribution in [0.25, 0.3) is 0 Å². The summed E-state index contributed by atoms with van der Waals surface area (Å²) in [6.45, 7) is 13.6. The molecule has 47 heavy (non-hydrogen) atoms. The first-order chi connectivity index (χ1) is 22.0. The number of amides is 4. The maximum absolute atomic E-state index is 14.3. The number of nitrogens with zero attached hydrogens (tertiary/aromatic N) is 3. The van der Waals surface area contributed by atoms with Crippen LogP contribution in [0, 0.1) is 11.3 Å². The zero-order valence-electron chi connectivity index (χ0n) is 29.5. The van der Waals surface area contributed by atoms with Gasteiger partial charge in [0.15, 0.2) is 0 Å². The van der Waals surface area contributed by atoms with E-state index in [2.05, 4.69) is 10.6 Å². The number of piperidine rings is 1. The molecule has 2 saturated heterocycles. The Hall–Kier alpha value is -2.85. The van der Waals surface area contributed by atoms with E-state index in [1.807, 2.05) is 49.8 Å². The van der Waals surface area contributed by atoms with Crippen molar-refractivity contribution in [1.29, 1.82) is 0 Å². The normalized spacial score (nSPS) is 21.9. The Balaban J connectivity index is 1.55. The third kappa shape index (κ3) is 9.84. The number of likely N-dealkylation sites (N-methyl/N-ethyl adjacent to an activating group) is 1. The Morgan fingerprint density at radius 3 is 2.13 bits per heavy atom. The molecule has 3 aliphatic rings. The first-order valence-corrected chi connectivity index (χ1v) is 17.7. The maximum Gasteiger partial charge on any atom is 0.411 e. The van der Waals surface area contributed by atoms with Crippen LogP contribution in [-0.4, -0.2) is 102 Å². The molecule has 4 rings (SSSR count). The number of nitrogens with one attached hydrogen (secondary N) is 2. The van der Waals surface area contributed by atoms with Gasteiger partial charge in [-0.05, 0) is 97.9 Å². The van der Waals surface area contributed by atoms with Gasteiger partial charge in [0.2, 0.25) is 17.7 Å². The van der Waals surface area contributed by atoms with Gasteiger partial charge >= 0.3 is 6.09 Å². The quantitative estimate of drug-likeness (QED) is 0.421. The summed E-state index contributed by atoms with van der Waals surface area (Å²) in [7, 11) is 1.91. The molecule has 2 atom stereocenters. The topological polar surface area (TPSA) is 111 Å². The Bertz CT molecular complexity index is 1260. The second-order valence-electron chi connectivity index (χ2n) is 15.9. The molecule has 3 fully saturated rings. The van der Waals surface area contributed by atoms with Crippen molar-refractivity contribution in [2.75, 3.05) is 39.8 Å². The van der Waals surface area contributed by atoms with Crippen molar-refractivity contribution in [3.63, 3.8) is 0 Å². The molecule has 1 aliphatic carbocycles. The lowest BCUT2D eigenvalue weighted by atomic mass is 9.63. The van der Waals surface area contributed by atoms with Gasteiger partial charge in [-0.25, -0.2) is 4.79 Å². The minimum Gasteiger partial charge on any atom is -0.444 e. The fourth-order valence-corrected chi connectivity index (χ4v) is 7.42. The number of piperazine rings is 1. The molecule has 0 aromatic heterocycles. The summed E-state index contributed by atoms with van der Waals surface area (Å²) in [5.74, 6) is -0.191. The maximum atomic E-state index is 14.3. The molecule has 0 bridgehead atoms. The van der Waals surface area contributed by atoms with Gasteiger partial charge in [0.25, 0.3) is 0 Å². The molecule has 0 unspecified atom stereocenters. The summed E-state index contributed by atoms with van der Waals surface area (Å²) < 4.78 is 5.63. The summed E-state index contributed by atoms with van der Waals surface area (Å²) in [5, 5.41) is 6.89. The highest BCUT2D eigenvalue weighted by atomic mass is 35.5. The van der Waals surface area contributed by atoms with Crippen LogP contribution in [0.3, 0.4) is 0 Å². The van der Waals surface area contributed by atoms with Crippen molar-refractivity contribution < 1.29 is 23.9 Å². The lowest BCUT2D eigenvalue weighted by molar-refractivity contribution is -0.147. The summed E-state index contributed by atoms with van der Waals surface area (Å²) in [5.41, 5.74) is -0.713. The molecule has 4 amide bonds. The van der Waals surface area contributed by atoms with Crippen molar-refractivity contribution in [2.24, 2.45) is 11.3 Å².